The van der Waals surface area contributed by atoms with Crippen molar-refractivity contribution in [2.24, 2.45) is 0 Å². The molecular weight excluding hydrogens is 488 g/mol. The molecular formula is C25H23F6N3O2. The summed E-state index contributed by atoms with van der Waals surface area (Å²) in [5.41, 5.74) is -4.22. The van der Waals surface area contributed by atoms with Crippen molar-refractivity contribution in [2.45, 2.75) is 43.8 Å². The van der Waals surface area contributed by atoms with Crippen LogP contribution in [0.2, 0.25) is 0 Å². The van der Waals surface area contributed by atoms with Crippen molar-refractivity contribution >= 4 is 11.4 Å². The first-order valence-electron chi connectivity index (χ1n) is 11.2. The minimum atomic E-state index is -4.99. The lowest BCUT2D eigenvalue weighted by Gasteiger charge is -2.32. The van der Waals surface area contributed by atoms with Crippen LogP contribution in [-0.2, 0) is 18.9 Å². The van der Waals surface area contributed by atoms with E-state index in [0.717, 1.165) is 24.9 Å². The molecule has 11 heteroatoms. The Kier molecular flexibility index (Phi) is 6.87. The summed E-state index contributed by atoms with van der Waals surface area (Å²) < 4.78 is 79.0. The molecule has 5 nitrogen and oxygen atoms in total. The van der Waals surface area contributed by atoms with Crippen LogP contribution in [0, 0.1) is 0 Å². The standard InChI is InChI=1S/C25H23F6N3O2/c1-34-9-5-8-18(34)19(15-6-3-2-4-7-15)33-21-20(22(35)23(21)36)32-13-14-10-16(24(26,27)28)12-17(11-14)25(29,30)31/h2-4,6-7,10-12,18-19,32-33H,5,8-9,13H2,1H3/t18-,19-/m0/s1. The van der Waals surface area contributed by atoms with E-state index in [9.17, 15) is 35.9 Å². The van der Waals surface area contributed by atoms with E-state index in [-0.39, 0.29) is 35.1 Å². The quantitative estimate of drug-likeness (QED) is 0.338. The number of benzene rings is 2. The van der Waals surface area contributed by atoms with E-state index in [1.54, 1.807) is 0 Å². The van der Waals surface area contributed by atoms with Gasteiger partial charge in [0.05, 0.1) is 17.2 Å². The van der Waals surface area contributed by atoms with Crippen molar-refractivity contribution in [3.8, 4) is 0 Å². The van der Waals surface area contributed by atoms with Crippen LogP contribution in [-0.4, -0.2) is 24.5 Å². The molecule has 0 spiro atoms. The largest absolute Gasteiger partial charge is 0.416 e. The Balaban J connectivity index is 1.61. The predicted molar refractivity (Wildman–Crippen MR) is 124 cm³/mol. The highest BCUT2D eigenvalue weighted by atomic mass is 19.4. The van der Waals surface area contributed by atoms with Crippen LogP contribution in [0.25, 0.3) is 0 Å². The van der Waals surface area contributed by atoms with Gasteiger partial charge < -0.3 is 15.5 Å². The number of hydrogen-bond donors (Lipinski definition) is 2. The van der Waals surface area contributed by atoms with Gasteiger partial charge in [0.1, 0.15) is 11.4 Å². The van der Waals surface area contributed by atoms with Crippen LogP contribution in [0.15, 0.2) is 58.1 Å². The lowest BCUT2D eigenvalue weighted by Crippen LogP contribution is -2.42. The fraction of sp³-hybridized carbons (Fsp3) is 0.360. The Bertz CT molecular complexity index is 1260. The van der Waals surface area contributed by atoms with Gasteiger partial charge in [-0.15, -0.1) is 0 Å². The van der Waals surface area contributed by atoms with Gasteiger partial charge in [0, 0.05) is 12.6 Å². The van der Waals surface area contributed by atoms with E-state index in [2.05, 4.69) is 15.5 Å². The fourth-order valence-corrected chi connectivity index (χ4v) is 4.58. The Morgan fingerprint density at radius 3 is 2.03 bits per heavy atom. The second-order valence-corrected chi connectivity index (χ2v) is 8.90. The van der Waals surface area contributed by atoms with Crippen LogP contribution >= 0.6 is 0 Å². The first-order chi connectivity index (χ1) is 16.9. The van der Waals surface area contributed by atoms with E-state index < -0.39 is 40.9 Å². The molecule has 0 amide bonds. The van der Waals surface area contributed by atoms with Gasteiger partial charge in [-0.1, -0.05) is 30.3 Å². The minimum Gasteiger partial charge on any atom is -0.376 e. The van der Waals surface area contributed by atoms with Crippen molar-refractivity contribution in [3.63, 3.8) is 0 Å². The molecule has 0 aliphatic carbocycles. The number of likely N-dealkylation sites (N-methyl/N-ethyl adjacent to an activating group) is 1. The Labute approximate surface area is 202 Å². The van der Waals surface area contributed by atoms with E-state index in [4.69, 9.17) is 0 Å². The monoisotopic (exact) mass is 511 g/mol. The zero-order valence-corrected chi connectivity index (χ0v) is 19.1. The molecule has 2 atom stereocenters. The van der Waals surface area contributed by atoms with Gasteiger partial charge >= 0.3 is 12.4 Å². The van der Waals surface area contributed by atoms with E-state index in [1.807, 2.05) is 37.4 Å². The third kappa shape index (κ3) is 5.25. The van der Waals surface area contributed by atoms with Gasteiger partial charge in [-0.2, -0.15) is 26.3 Å². The van der Waals surface area contributed by atoms with Crippen molar-refractivity contribution in [1.82, 2.24) is 4.90 Å². The molecule has 0 bridgehead atoms. The summed E-state index contributed by atoms with van der Waals surface area (Å²) in [5.74, 6) is 0. The summed E-state index contributed by atoms with van der Waals surface area (Å²) in [7, 11) is 1.95. The first kappa shape index (κ1) is 25.7. The molecule has 0 aromatic heterocycles. The van der Waals surface area contributed by atoms with E-state index in [1.165, 1.54) is 0 Å². The molecule has 3 aromatic carbocycles. The number of anilines is 2. The number of likely N-dealkylation sites (tertiary alicyclic amines) is 1. The van der Waals surface area contributed by atoms with Gasteiger partial charge in [0.2, 0.25) is 0 Å². The van der Waals surface area contributed by atoms with Gasteiger partial charge in [-0.25, -0.2) is 0 Å². The highest BCUT2D eigenvalue weighted by Gasteiger charge is 2.37. The molecule has 4 rings (SSSR count). The Hall–Kier alpha value is -3.34. The number of hydrogen-bond acceptors (Lipinski definition) is 5. The normalized spacial score (nSPS) is 17.9. The molecule has 1 aliphatic heterocycles. The van der Waals surface area contributed by atoms with Gasteiger partial charge in [0.15, 0.2) is 0 Å². The summed E-state index contributed by atoms with van der Waals surface area (Å²) in [6.45, 7) is 0.343. The zero-order chi connectivity index (χ0) is 26.3. The van der Waals surface area contributed by atoms with Gasteiger partial charge in [0.25, 0.3) is 10.9 Å². The highest BCUT2D eigenvalue weighted by Crippen LogP contribution is 2.37. The molecule has 1 aliphatic rings. The van der Waals surface area contributed by atoms with Gasteiger partial charge in [-0.05, 0) is 55.8 Å². The van der Waals surface area contributed by atoms with Crippen LogP contribution in [0.4, 0.5) is 37.7 Å². The SMILES string of the molecule is CN1CCC[C@H]1[C@@H](Nc1c(NCc2cc(C(F)(F)F)cc(C(F)(F)F)c2)c(=O)c1=O)c1ccccc1. The van der Waals surface area contributed by atoms with Crippen molar-refractivity contribution in [1.29, 1.82) is 0 Å². The lowest BCUT2D eigenvalue weighted by molar-refractivity contribution is -0.143. The fourth-order valence-electron chi connectivity index (χ4n) is 4.58. The maximum absolute atomic E-state index is 13.2. The summed E-state index contributed by atoms with van der Waals surface area (Å²) in [5, 5.41) is 5.71. The molecule has 1 heterocycles. The van der Waals surface area contributed by atoms with E-state index >= 15 is 0 Å². The van der Waals surface area contributed by atoms with Crippen molar-refractivity contribution < 1.29 is 26.3 Å². The smallest absolute Gasteiger partial charge is 0.376 e. The summed E-state index contributed by atoms with van der Waals surface area (Å²) in [6, 6.07) is 10.1. The molecule has 0 radical (unpaired) electrons. The Morgan fingerprint density at radius 1 is 0.917 bits per heavy atom. The first-order valence-corrected chi connectivity index (χ1v) is 11.2. The molecule has 1 saturated heterocycles. The minimum absolute atomic E-state index is 0.0162. The van der Waals surface area contributed by atoms with Crippen LogP contribution < -0.4 is 21.5 Å². The number of nitrogens with one attached hydrogen (secondary N) is 2. The third-order valence-corrected chi connectivity index (χ3v) is 6.45. The average molecular weight is 511 g/mol. The zero-order valence-electron chi connectivity index (χ0n) is 19.1. The number of rotatable bonds is 7. The molecule has 36 heavy (non-hydrogen) atoms. The molecule has 0 saturated carbocycles. The average Bonchev–Trinajstić information content (AvgIpc) is 3.25. The maximum atomic E-state index is 13.2. The molecule has 192 valence electrons. The number of alkyl halides is 6. The van der Waals surface area contributed by atoms with E-state index in [0.29, 0.717) is 12.1 Å². The molecule has 2 N–H and O–H groups in total. The van der Waals surface area contributed by atoms with Crippen LogP contribution in [0.3, 0.4) is 0 Å². The van der Waals surface area contributed by atoms with Crippen molar-refractivity contribution in [3.05, 3.63) is 91.2 Å². The Morgan fingerprint density at radius 2 is 1.50 bits per heavy atom. The lowest BCUT2D eigenvalue weighted by atomic mass is 9.96. The number of nitrogens with zero attached hydrogens (tertiary/aromatic N) is 1. The van der Waals surface area contributed by atoms with Crippen LogP contribution in [0.1, 0.15) is 41.1 Å². The second kappa shape index (κ2) is 9.61. The maximum Gasteiger partial charge on any atom is 0.416 e. The highest BCUT2D eigenvalue weighted by molar-refractivity contribution is 5.74. The molecule has 0 unspecified atom stereocenters. The molecule has 1 fully saturated rings. The predicted octanol–water partition coefficient (Wildman–Crippen LogP) is 5.18. The van der Waals surface area contributed by atoms with Crippen LogP contribution in [0.5, 0.6) is 0 Å². The van der Waals surface area contributed by atoms with Crippen molar-refractivity contribution in [2.75, 3.05) is 24.2 Å². The summed E-state index contributed by atoms with van der Waals surface area (Å²) >= 11 is 0. The number of halogens is 6. The second-order valence-electron chi connectivity index (χ2n) is 8.90. The topological polar surface area (TPSA) is 61.4 Å². The van der Waals surface area contributed by atoms with Gasteiger partial charge in [-0.3, -0.25) is 9.59 Å². The summed E-state index contributed by atoms with van der Waals surface area (Å²) in [4.78, 5) is 26.8. The third-order valence-electron chi connectivity index (χ3n) is 6.45. The summed E-state index contributed by atoms with van der Waals surface area (Å²) in [6.07, 6.45) is -8.19. The molecule has 3 aromatic rings.